The third-order valence-electron chi connectivity index (χ3n) is 3.73. The van der Waals surface area contributed by atoms with Crippen LogP contribution in [0.15, 0.2) is 40.9 Å². The minimum Gasteiger partial charge on any atom is -0.398 e. The molecule has 1 aliphatic rings. The molecule has 0 spiro atoms. The van der Waals surface area contributed by atoms with Crippen LogP contribution in [0.5, 0.6) is 0 Å². The Balaban J connectivity index is 2.01. The van der Waals surface area contributed by atoms with Crippen molar-refractivity contribution in [2.24, 2.45) is 0 Å². The Morgan fingerprint density at radius 3 is 2.90 bits per heavy atom. The van der Waals surface area contributed by atoms with E-state index >= 15 is 0 Å². The van der Waals surface area contributed by atoms with E-state index in [1.807, 2.05) is 30.3 Å². The van der Waals surface area contributed by atoms with Crippen molar-refractivity contribution in [3.8, 4) is 6.07 Å². The number of hydrogen-bond acceptors (Lipinski definition) is 3. The fraction of sp³-hybridized carbons (Fsp3) is 0.188. The molecule has 3 nitrogen and oxygen atoms in total. The highest BCUT2D eigenvalue weighted by atomic mass is 79.9. The van der Waals surface area contributed by atoms with Crippen molar-refractivity contribution in [2.45, 2.75) is 13.0 Å². The van der Waals surface area contributed by atoms with Gasteiger partial charge in [-0.25, -0.2) is 0 Å². The quantitative estimate of drug-likeness (QED) is 0.816. The first kappa shape index (κ1) is 13.0. The third-order valence-corrected chi connectivity index (χ3v) is 4.22. The molecule has 0 radical (unpaired) electrons. The third kappa shape index (κ3) is 2.25. The first-order valence-corrected chi connectivity index (χ1v) is 7.29. The second-order valence-electron chi connectivity index (χ2n) is 4.93. The lowest BCUT2D eigenvalue weighted by molar-refractivity contribution is 0.732. The SMILES string of the molecule is N#Cc1ccc(Br)cc1N1CCc2cccc(N)c2C1. The molecule has 3 rings (SSSR count). The molecule has 2 aromatic carbocycles. The Morgan fingerprint density at radius 1 is 1.25 bits per heavy atom. The van der Waals surface area contributed by atoms with Crippen LogP contribution < -0.4 is 10.6 Å². The summed E-state index contributed by atoms with van der Waals surface area (Å²) in [6.07, 6.45) is 0.956. The Labute approximate surface area is 126 Å². The molecule has 20 heavy (non-hydrogen) atoms. The van der Waals surface area contributed by atoms with Crippen LogP contribution in [0, 0.1) is 11.3 Å². The highest BCUT2D eigenvalue weighted by Crippen LogP contribution is 2.31. The molecule has 0 atom stereocenters. The molecular formula is C16H14BrN3. The van der Waals surface area contributed by atoms with Crippen LogP contribution in [-0.4, -0.2) is 6.54 Å². The topological polar surface area (TPSA) is 53.0 Å². The van der Waals surface area contributed by atoms with Crippen LogP contribution >= 0.6 is 15.9 Å². The van der Waals surface area contributed by atoms with Gasteiger partial charge in [0.1, 0.15) is 6.07 Å². The van der Waals surface area contributed by atoms with Gasteiger partial charge in [0.05, 0.1) is 11.3 Å². The van der Waals surface area contributed by atoms with Crippen molar-refractivity contribution in [1.82, 2.24) is 0 Å². The molecule has 0 unspecified atom stereocenters. The first-order chi connectivity index (χ1) is 9.69. The Bertz CT molecular complexity index is 703. The molecule has 4 heteroatoms. The summed E-state index contributed by atoms with van der Waals surface area (Å²) in [6, 6.07) is 14.1. The van der Waals surface area contributed by atoms with Gasteiger partial charge in [-0.2, -0.15) is 5.26 Å². The van der Waals surface area contributed by atoms with E-state index in [4.69, 9.17) is 5.73 Å². The number of nitriles is 1. The van der Waals surface area contributed by atoms with Gasteiger partial charge < -0.3 is 10.6 Å². The maximum Gasteiger partial charge on any atom is 0.101 e. The van der Waals surface area contributed by atoms with Gasteiger partial charge >= 0.3 is 0 Å². The smallest absolute Gasteiger partial charge is 0.101 e. The fourth-order valence-electron chi connectivity index (χ4n) is 2.67. The van der Waals surface area contributed by atoms with Gasteiger partial charge in [0.25, 0.3) is 0 Å². The monoisotopic (exact) mass is 327 g/mol. The molecule has 0 aromatic heterocycles. The Hall–Kier alpha value is -1.99. The summed E-state index contributed by atoms with van der Waals surface area (Å²) < 4.78 is 0.985. The molecule has 0 saturated carbocycles. The van der Waals surface area contributed by atoms with Crippen molar-refractivity contribution in [3.63, 3.8) is 0 Å². The fourth-order valence-corrected chi connectivity index (χ4v) is 3.02. The molecule has 0 aliphatic carbocycles. The minimum atomic E-state index is 0.700. The molecule has 0 amide bonds. The van der Waals surface area contributed by atoms with Gasteiger partial charge in [-0.05, 0) is 41.8 Å². The maximum atomic E-state index is 9.27. The normalized spacial score (nSPS) is 13.7. The predicted molar refractivity (Wildman–Crippen MR) is 84.5 cm³/mol. The van der Waals surface area contributed by atoms with Crippen LogP contribution in [0.2, 0.25) is 0 Å². The first-order valence-electron chi connectivity index (χ1n) is 6.50. The zero-order chi connectivity index (χ0) is 14.1. The lowest BCUT2D eigenvalue weighted by Crippen LogP contribution is -2.31. The summed E-state index contributed by atoms with van der Waals surface area (Å²) in [5.74, 6) is 0. The Kier molecular flexibility index (Phi) is 3.37. The van der Waals surface area contributed by atoms with Gasteiger partial charge in [-0.3, -0.25) is 0 Å². The van der Waals surface area contributed by atoms with E-state index in [-0.39, 0.29) is 0 Å². The molecule has 1 aliphatic heterocycles. The van der Waals surface area contributed by atoms with Gasteiger partial charge in [0, 0.05) is 23.2 Å². The number of hydrogen-bond donors (Lipinski definition) is 1. The minimum absolute atomic E-state index is 0.700. The molecule has 2 N–H and O–H groups in total. The highest BCUT2D eigenvalue weighted by molar-refractivity contribution is 9.10. The van der Waals surface area contributed by atoms with E-state index in [0.717, 1.165) is 35.4 Å². The van der Waals surface area contributed by atoms with Crippen LogP contribution in [0.3, 0.4) is 0 Å². The van der Waals surface area contributed by atoms with Gasteiger partial charge in [0.15, 0.2) is 0 Å². The summed E-state index contributed by atoms with van der Waals surface area (Å²) in [4.78, 5) is 2.22. The van der Waals surface area contributed by atoms with Gasteiger partial charge in [0.2, 0.25) is 0 Å². The van der Waals surface area contributed by atoms with Crippen LogP contribution in [0.25, 0.3) is 0 Å². The van der Waals surface area contributed by atoms with E-state index in [2.05, 4.69) is 33.0 Å². The zero-order valence-electron chi connectivity index (χ0n) is 10.9. The lowest BCUT2D eigenvalue weighted by Gasteiger charge is -2.32. The predicted octanol–water partition coefficient (Wildman–Crippen LogP) is 3.47. The molecular weight excluding hydrogens is 314 g/mol. The Morgan fingerprint density at radius 2 is 2.10 bits per heavy atom. The molecule has 1 heterocycles. The van der Waals surface area contributed by atoms with Crippen molar-refractivity contribution in [3.05, 3.63) is 57.6 Å². The van der Waals surface area contributed by atoms with Gasteiger partial charge in [-0.1, -0.05) is 28.1 Å². The molecule has 0 saturated heterocycles. The summed E-state index contributed by atoms with van der Waals surface area (Å²) in [6.45, 7) is 1.66. The standard InChI is InChI=1S/C16H14BrN3/c17-13-5-4-12(9-18)16(8-13)20-7-6-11-2-1-3-15(19)14(11)10-20/h1-5,8H,6-7,10,19H2. The van der Waals surface area contributed by atoms with Crippen molar-refractivity contribution < 1.29 is 0 Å². The number of fused-ring (bicyclic) bond motifs is 1. The number of benzene rings is 2. The van der Waals surface area contributed by atoms with Crippen molar-refractivity contribution >= 4 is 27.3 Å². The molecule has 0 fully saturated rings. The average Bonchev–Trinajstić information content (AvgIpc) is 2.47. The van der Waals surface area contributed by atoms with Crippen molar-refractivity contribution in [2.75, 3.05) is 17.2 Å². The number of anilines is 2. The largest absolute Gasteiger partial charge is 0.398 e. The van der Waals surface area contributed by atoms with E-state index in [1.54, 1.807) is 0 Å². The average molecular weight is 328 g/mol. The lowest BCUT2D eigenvalue weighted by atomic mass is 9.97. The number of nitrogen functional groups attached to an aromatic ring is 1. The number of halogens is 1. The second kappa shape index (κ2) is 5.18. The van der Waals surface area contributed by atoms with E-state index in [1.165, 1.54) is 11.1 Å². The molecule has 2 aromatic rings. The van der Waals surface area contributed by atoms with Crippen LogP contribution in [0.4, 0.5) is 11.4 Å². The number of rotatable bonds is 1. The van der Waals surface area contributed by atoms with Crippen LogP contribution in [0.1, 0.15) is 16.7 Å². The molecule has 100 valence electrons. The maximum absolute atomic E-state index is 9.27. The zero-order valence-corrected chi connectivity index (χ0v) is 12.5. The van der Waals surface area contributed by atoms with Crippen molar-refractivity contribution in [1.29, 1.82) is 5.26 Å². The second-order valence-corrected chi connectivity index (χ2v) is 5.85. The van der Waals surface area contributed by atoms with E-state index in [9.17, 15) is 5.26 Å². The van der Waals surface area contributed by atoms with Crippen LogP contribution in [-0.2, 0) is 13.0 Å². The van der Waals surface area contributed by atoms with E-state index < -0.39 is 0 Å². The number of nitrogens with zero attached hydrogens (tertiary/aromatic N) is 2. The van der Waals surface area contributed by atoms with Gasteiger partial charge in [-0.15, -0.1) is 0 Å². The summed E-state index contributed by atoms with van der Waals surface area (Å²) in [5.41, 5.74) is 11.1. The van der Waals surface area contributed by atoms with E-state index in [0.29, 0.717) is 5.56 Å². The molecule has 0 bridgehead atoms. The summed E-state index contributed by atoms with van der Waals surface area (Å²) >= 11 is 3.48. The summed E-state index contributed by atoms with van der Waals surface area (Å²) in [7, 11) is 0. The summed E-state index contributed by atoms with van der Waals surface area (Å²) in [5, 5.41) is 9.27. The number of nitrogens with two attached hydrogens (primary N) is 1. The highest BCUT2D eigenvalue weighted by Gasteiger charge is 2.20.